The van der Waals surface area contributed by atoms with Crippen LogP contribution in [0.3, 0.4) is 0 Å². The van der Waals surface area contributed by atoms with E-state index in [0.717, 1.165) is 32.1 Å². The van der Waals surface area contributed by atoms with E-state index >= 15 is 0 Å². The quantitative estimate of drug-likeness (QED) is 0.641. The third kappa shape index (κ3) is 5.65. The van der Waals surface area contributed by atoms with Gasteiger partial charge in [0.25, 0.3) is 0 Å². The number of carboxylic acid groups (broad SMARTS) is 1. The number of nitrogens with one attached hydrogen (secondary N) is 1. The SMILES string of the molecule is CC(C)(CCNC(=O)C1(CN)CCCCC1)CCC(=O)O. The van der Waals surface area contributed by atoms with E-state index in [2.05, 4.69) is 5.32 Å². The van der Waals surface area contributed by atoms with Crippen LogP contribution in [-0.4, -0.2) is 30.1 Å². The van der Waals surface area contributed by atoms with Gasteiger partial charge in [0.15, 0.2) is 0 Å². The van der Waals surface area contributed by atoms with Gasteiger partial charge in [-0.3, -0.25) is 9.59 Å². The van der Waals surface area contributed by atoms with E-state index in [1.54, 1.807) is 0 Å². The minimum Gasteiger partial charge on any atom is -0.481 e. The molecule has 1 aliphatic carbocycles. The van der Waals surface area contributed by atoms with Crippen LogP contribution in [0.1, 0.15) is 65.2 Å². The lowest BCUT2D eigenvalue weighted by Crippen LogP contribution is -2.47. The summed E-state index contributed by atoms with van der Waals surface area (Å²) in [6, 6.07) is 0. The molecule has 4 N–H and O–H groups in total. The van der Waals surface area contributed by atoms with Crippen molar-refractivity contribution in [2.24, 2.45) is 16.6 Å². The molecule has 21 heavy (non-hydrogen) atoms. The van der Waals surface area contributed by atoms with Crippen LogP contribution in [0, 0.1) is 10.8 Å². The topological polar surface area (TPSA) is 92.4 Å². The first-order valence-electron chi connectivity index (χ1n) is 8.01. The van der Waals surface area contributed by atoms with Crippen LogP contribution in [0.25, 0.3) is 0 Å². The summed E-state index contributed by atoms with van der Waals surface area (Å²) in [5, 5.41) is 11.8. The maximum absolute atomic E-state index is 12.4. The average molecular weight is 298 g/mol. The summed E-state index contributed by atoms with van der Waals surface area (Å²) in [6.07, 6.45) is 6.71. The normalized spacial score (nSPS) is 18.2. The largest absolute Gasteiger partial charge is 0.481 e. The maximum atomic E-state index is 12.4. The molecule has 0 saturated heterocycles. The van der Waals surface area contributed by atoms with E-state index in [1.165, 1.54) is 6.42 Å². The Labute approximate surface area is 127 Å². The molecule has 0 aromatic rings. The van der Waals surface area contributed by atoms with E-state index in [9.17, 15) is 9.59 Å². The van der Waals surface area contributed by atoms with E-state index in [0.29, 0.717) is 19.5 Å². The van der Waals surface area contributed by atoms with Crippen molar-refractivity contribution in [1.82, 2.24) is 5.32 Å². The fraction of sp³-hybridized carbons (Fsp3) is 0.875. The van der Waals surface area contributed by atoms with Crippen molar-refractivity contribution in [3.63, 3.8) is 0 Å². The molecule has 0 aromatic heterocycles. The van der Waals surface area contributed by atoms with Gasteiger partial charge in [-0.15, -0.1) is 0 Å². The summed E-state index contributed by atoms with van der Waals surface area (Å²) in [6.45, 7) is 5.09. The Morgan fingerprint density at radius 3 is 2.33 bits per heavy atom. The van der Waals surface area contributed by atoms with Crippen LogP contribution >= 0.6 is 0 Å². The number of rotatable bonds is 8. The highest BCUT2D eigenvalue weighted by Crippen LogP contribution is 2.35. The van der Waals surface area contributed by atoms with Crippen molar-refractivity contribution in [1.29, 1.82) is 0 Å². The van der Waals surface area contributed by atoms with Crippen molar-refractivity contribution in [3.05, 3.63) is 0 Å². The smallest absolute Gasteiger partial charge is 0.303 e. The van der Waals surface area contributed by atoms with Gasteiger partial charge in [-0.2, -0.15) is 0 Å². The summed E-state index contributed by atoms with van der Waals surface area (Å²) in [7, 11) is 0. The van der Waals surface area contributed by atoms with Gasteiger partial charge in [-0.25, -0.2) is 0 Å². The Balaban J connectivity index is 2.39. The molecule has 1 fully saturated rings. The molecule has 0 bridgehead atoms. The number of hydrogen-bond donors (Lipinski definition) is 3. The maximum Gasteiger partial charge on any atom is 0.303 e. The lowest BCUT2D eigenvalue weighted by atomic mass is 9.73. The van der Waals surface area contributed by atoms with Crippen LogP contribution in [0.2, 0.25) is 0 Å². The third-order valence-corrected chi connectivity index (χ3v) is 4.79. The molecule has 1 amide bonds. The van der Waals surface area contributed by atoms with Gasteiger partial charge in [0.2, 0.25) is 5.91 Å². The minimum atomic E-state index is -0.767. The average Bonchev–Trinajstić information content (AvgIpc) is 2.45. The zero-order chi connectivity index (χ0) is 15.9. The molecule has 0 aliphatic heterocycles. The predicted octanol–water partition coefficient (Wildman–Crippen LogP) is 2.29. The van der Waals surface area contributed by atoms with Crippen LogP contribution in [0.15, 0.2) is 0 Å². The number of aliphatic carboxylic acids is 1. The highest BCUT2D eigenvalue weighted by Gasteiger charge is 2.37. The summed E-state index contributed by atoms with van der Waals surface area (Å²) in [5.74, 6) is -0.685. The van der Waals surface area contributed by atoms with Gasteiger partial charge in [-0.05, 0) is 31.1 Å². The zero-order valence-electron chi connectivity index (χ0n) is 13.4. The lowest BCUT2D eigenvalue weighted by molar-refractivity contribution is -0.138. The number of hydrogen-bond acceptors (Lipinski definition) is 3. The van der Waals surface area contributed by atoms with Gasteiger partial charge in [0, 0.05) is 19.5 Å². The van der Waals surface area contributed by atoms with E-state index < -0.39 is 5.97 Å². The minimum absolute atomic E-state index is 0.0753. The third-order valence-electron chi connectivity index (χ3n) is 4.79. The molecule has 1 saturated carbocycles. The molecule has 1 rings (SSSR count). The second kappa shape index (κ2) is 7.78. The lowest BCUT2D eigenvalue weighted by Gasteiger charge is -2.35. The molecule has 1 aliphatic rings. The molecule has 122 valence electrons. The summed E-state index contributed by atoms with van der Waals surface area (Å²) < 4.78 is 0. The Morgan fingerprint density at radius 2 is 1.81 bits per heavy atom. The van der Waals surface area contributed by atoms with Crippen LogP contribution in [0.5, 0.6) is 0 Å². The highest BCUT2D eigenvalue weighted by atomic mass is 16.4. The standard InChI is InChI=1S/C16H30N2O3/c1-15(2,9-6-13(19)20)10-11-18-14(21)16(12-17)7-4-3-5-8-16/h3-12,17H2,1-2H3,(H,18,21)(H,19,20). The molecule has 0 heterocycles. The Hall–Kier alpha value is -1.10. The van der Waals surface area contributed by atoms with E-state index in [-0.39, 0.29) is 23.2 Å². The molecule has 5 heteroatoms. The van der Waals surface area contributed by atoms with Crippen LogP contribution in [-0.2, 0) is 9.59 Å². The molecule has 0 aromatic carbocycles. The van der Waals surface area contributed by atoms with Crippen LogP contribution in [0.4, 0.5) is 0 Å². The number of carboxylic acids is 1. The van der Waals surface area contributed by atoms with Gasteiger partial charge < -0.3 is 16.2 Å². The Morgan fingerprint density at radius 1 is 1.19 bits per heavy atom. The Kier molecular flexibility index (Phi) is 6.65. The molecule has 0 atom stereocenters. The first-order chi connectivity index (χ1) is 9.81. The summed E-state index contributed by atoms with van der Waals surface area (Å²) in [5.41, 5.74) is 5.40. The second-order valence-corrected chi connectivity index (χ2v) is 7.11. The highest BCUT2D eigenvalue weighted by molar-refractivity contribution is 5.83. The number of carbonyl (C=O) groups excluding carboxylic acids is 1. The molecule has 5 nitrogen and oxygen atoms in total. The fourth-order valence-electron chi connectivity index (χ4n) is 3.02. The number of amides is 1. The molecular weight excluding hydrogens is 268 g/mol. The van der Waals surface area contributed by atoms with Crippen LogP contribution < -0.4 is 11.1 Å². The first kappa shape index (κ1) is 18.0. The fourth-order valence-corrected chi connectivity index (χ4v) is 3.02. The van der Waals surface area contributed by atoms with Gasteiger partial charge in [0.05, 0.1) is 5.41 Å². The van der Waals surface area contributed by atoms with E-state index in [1.807, 2.05) is 13.8 Å². The first-order valence-corrected chi connectivity index (χ1v) is 8.01. The van der Waals surface area contributed by atoms with Crippen molar-refractivity contribution >= 4 is 11.9 Å². The zero-order valence-corrected chi connectivity index (χ0v) is 13.4. The number of nitrogens with two attached hydrogens (primary N) is 1. The predicted molar refractivity (Wildman–Crippen MR) is 82.8 cm³/mol. The van der Waals surface area contributed by atoms with Crippen molar-refractivity contribution < 1.29 is 14.7 Å². The van der Waals surface area contributed by atoms with Gasteiger partial charge in [-0.1, -0.05) is 33.1 Å². The van der Waals surface area contributed by atoms with Gasteiger partial charge >= 0.3 is 5.97 Å². The van der Waals surface area contributed by atoms with Crippen molar-refractivity contribution in [3.8, 4) is 0 Å². The van der Waals surface area contributed by atoms with Crippen molar-refractivity contribution in [2.45, 2.75) is 65.2 Å². The monoisotopic (exact) mass is 298 g/mol. The van der Waals surface area contributed by atoms with Crippen molar-refractivity contribution in [2.75, 3.05) is 13.1 Å². The Bertz CT molecular complexity index is 361. The number of carbonyl (C=O) groups is 2. The molecule has 0 radical (unpaired) electrons. The molecule has 0 spiro atoms. The van der Waals surface area contributed by atoms with Gasteiger partial charge in [0.1, 0.15) is 0 Å². The summed E-state index contributed by atoms with van der Waals surface area (Å²) in [4.78, 5) is 23.0. The van der Waals surface area contributed by atoms with E-state index in [4.69, 9.17) is 10.8 Å². The second-order valence-electron chi connectivity index (χ2n) is 7.11. The molecule has 0 unspecified atom stereocenters. The summed E-state index contributed by atoms with van der Waals surface area (Å²) >= 11 is 0. The molecular formula is C16H30N2O3.